The van der Waals surface area contributed by atoms with E-state index >= 15 is 0 Å². The standard InChI is InChI=1S/C12H26N2O2/c1-5-10(3)14(4)9-7-8-12(13,6-2)11(15)16/h10H,5-9,13H2,1-4H3,(H,15,16). The van der Waals surface area contributed by atoms with Crippen LogP contribution in [0.2, 0.25) is 0 Å². The fourth-order valence-corrected chi connectivity index (χ4v) is 1.61. The molecule has 0 fully saturated rings. The molecular formula is C12H26N2O2. The van der Waals surface area contributed by atoms with Crippen molar-refractivity contribution in [3.8, 4) is 0 Å². The van der Waals surface area contributed by atoms with Crippen LogP contribution in [0.4, 0.5) is 0 Å². The van der Waals surface area contributed by atoms with Gasteiger partial charge in [-0.3, -0.25) is 4.79 Å². The van der Waals surface area contributed by atoms with Gasteiger partial charge in [0.05, 0.1) is 0 Å². The van der Waals surface area contributed by atoms with E-state index < -0.39 is 11.5 Å². The summed E-state index contributed by atoms with van der Waals surface area (Å²) >= 11 is 0. The molecule has 0 heterocycles. The summed E-state index contributed by atoms with van der Waals surface area (Å²) in [5.41, 5.74) is 4.77. The molecule has 0 aliphatic heterocycles. The first-order valence-electron chi connectivity index (χ1n) is 6.09. The van der Waals surface area contributed by atoms with Crippen LogP contribution in [-0.4, -0.2) is 41.1 Å². The Kier molecular flexibility index (Phi) is 6.60. The highest BCUT2D eigenvalue weighted by atomic mass is 16.4. The van der Waals surface area contributed by atoms with Crippen LogP contribution in [0.1, 0.15) is 46.5 Å². The molecular weight excluding hydrogens is 204 g/mol. The topological polar surface area (TPSA) is 66.6 Å². The minimum absolute atomic E-state index is 0.482. The Labute approximate surface area is 98.8 Å². The van der Waals surface area contributed by atoms with Crippen LogP contribution in [0.15, 0.2) is 0 Å². The van der Waals surface area contributed by atoms with Crippen LogP contribution in [0.5, 0.6) is 0 Å². The molecule has 0 aromatic carbocycles. The highest BCUT2D eigenvalue weighted by Crippen LogP contribution is 2.15. The van der Waals surface area contributed by atoms with E-state index in [1.807, 2.05) is 6.92 Å². The van der Waals surface area contributed by atoms with Crippen LogP contribution >= 0.6 is 0 Å². The monoisotopic (exact) mass is 230 g/mol. The quantitative estimate of drug-likeness (QED) is 0.666. The predicted molar refractivity (Wildman–Crippen MR) is 66.5 cm³/mol. The molecule has 2 unspecified atom stereocenters. The Morgan fingerprint density at radius 1 is 1.50 bits per heavy atom. The molecule has 0 aromatic rings. The minimum atomic E-state index is -1.05. The number of hydrogen-bond acceptors (Lipinski definition) is 3. The van der Waals surface area contributed by atoms with Crippen molar-refractivity contribution in [2.45, 2.75) is 58.0 Å². The summed E-state index contributed by atoms with van der Waals surface area (Å²) in [5, 5.41) is 9.01. The average Bonchev–Trinajstić information content (AvgIpc) is 2.27. The van der Waals surface area contributed by atoms with E-state index in [1.165, 1.54) is 0 Å². The molecule has 2 atom stereocenters. The van der Waals surface area contributed by atoms with Crippen molar-refractivity contribution in [3.05, 3.63) is 0 Å². The van der Waals surface area contributed by atoms with Gasteiger partial charge >= 0.3 is 5.97 Å². The summed E-state index contributed by atoms with van der Waals surface area (Å²) in [7, 11) is 2.07. The van der Waals surface area contributed by atoms with Gasteiger partial charge in [0.15, 0.2) is 0 Å². The number of carboxylic acids is 1. The van der Waals surface area contributed by atoms with E-state index in [2.05, 4.69) is 25.8 Å². The summed E-state index contributed by atoms with van der Waals surface area (Å²) in [6, 6.07) is 0.540. The number of hydrogen-bond donors (Lipinski definition) is 2. The molecule has 3 N–H and O–H groups in total. The van der Waals surface area contributed by atoms with Crippen LogP contribution in [0.25, 0.3) is 0 Å². The van der Waals surface area contributed by atoms with E-state index in [1.54, 1.807) is 0 Å². The maximum absolute atomic E-state index is 11.0. The van der Waals surface area contributed by atoms with Gasteiger partial charge in [0.1, 0.15) is 5.54 Å². The van der Waals surface area contributed by atoms with E-state index in [-0.39, 0.29) is 0 Å². The van der Waals surface area contributed by atoms with E-state index in [0.717, 1.165) is 19.4 Å². The molecule has 0 saturated heterocycles. The molecule has 16 heavy (non-hydrogen) atoms. The fraction of sp³-hybridized carbons (Fsp3) is 0.917. The van der Waals surface area contributed by atoms with Crippen molar-refractivity contribution in [3.63, 3.8) is 0 Å². The third-order valence-electron chi connectivity index (χ3n) is 3.53. The lowest BCUT2D eigenvalue weighted by Crippen LogP contribution is -2.47. The lowest BCUT2D eigenvalue weighted by atomic mass is 9.91. The molecule has 0 rings (SSSR count). The maximum Gasteiger partial charge on any atom is 0.323 e. The van der Waals surface area contributed by atoms with Crippen molar-refractivity contribution >= 4 is 5.97 Å². The minimum Gasteiger partial charge on any atom is -0.480 e. The van der Waals surface area contributed by atoms with Crippen LogP contribution < -0.4 is 5.73 Å². The molecule has 4 heteroatoms. The van der Waals surface area contributed by atoms with Gasteiger partial charge < -0.3 is 15.7 Å². The van der Waals surface area contributed by atoms with Gasteiger partial charge in [-0.2, -0.15) is 0 Å². The molecule has 0 spiro atoms. The third kappa shape index (κ3) is 4.49. The van der Waals surface area contributed by atoms with Crippen molar-refractivity contribution in [1.29, 1.82) is 0 Å². The van der Waals surface area contributed by atoms with Crippen molar-refractivity contribution in [2.75, 3.05) is 13.6 Å². The fourth-order valence-electron chi connectivity index (χ4n) is 1.61. The molecule has 0 aliphatic rings. The summed E-state index contributed by atoms with van der Waals surface area (Å²) in [5.74, 6) is -0.888. The van der Waals surface area contributed by atoms with Gasteiger partial charge in [-0.1, -0.05) is 13.8 Å². The van der Waals surface area contributed by atoms with Gasteiger partial charge in [-0.15, -0.1) is 0 Å². The number of carboxylic acid groups (broad SMARTS) is 1. The molecule has 0 amide bonds. The zero-order valence-electron chi connectivity index (χ0n) is 11.0. The zero-order chi connectivity index (χ0) is 12.8. The molecule has 0 saturated carbocycles. The first-order chi connectivity index (χ1) is 7.37. The molecule has 0 aliphatic carbocycles. The van der Waals surface area contributed by atoms with Crippen LogP contribution in [-0.2, 0) is 4.79 Å². The Bertz CT molecular complexity index is 221. The summed E-state index contributed by atoms with van der Waals surface area (Å²) < 4.78 is 0. The first kappa shape index (κ1) is 15.4. The third-order valence-corrected chi connectivity index (χ3v) is 3.53. The Morgan fingerprint density at radius 2 is 2.06 bits per heavy atom. The van der Waals surface area contributed by atoms with Gasteiger partial charge in [0.2, 0.25) is 0 Å². The molecule has 0 bridgehead atoms. The van der Waals surface area contributed by atoms with Crippen molar-refractivity contribution < 1.29 is 9.90 Å². The zero-order valence-corrected chi connectivity index (χ0v) is 11.0. The summed E-state index contributed by atoms with van der Waals surface area (Å²) in [4.78, 5) is 13.2. The average molecular weight is 230 g/mol. The number of carbonyl (C=O) groups is 1. The Morgan fingerprint density at radius 3 is 2.44 bits per heavy atom. The smallest absolute Gasteiger partial charge is 0.323 e. The SMILES string of the molecule is CCC(C)N(C)CCCC(N)(CC)C(=O)O. The first-order valence-corrected chi connectivity index (χ1v) is 6.09. The second kappa shape index (κ2) is 6.86. The maximum atomic E-state index is 11.0. The number of rotatable bonds is 8. The lowest BCUT2D eigenvalue weighted by molar-refractivity contribution is -0.143. The van der Waals surface area contributed by atoms with Crippen molar-refractivity contribution in [1.82, 2.24) is 4.90 Å². The van der Waals surface area contributed by atoms with Crippen molar-refractivity contribution in [2.24, 2.45) is 5.73 Å². The largest absolute Gasteiger partial charge is 0.480 e. The molecule has 0 radical (unpaired) electrons. The highest BCUT2D eigenvalue weighted by Gasteiger charge is 2.31. The van der Waals surface area contributed by atoms with E-state index in [9.17, 15) is 4.79 Å². The van der Waals surface area contributed by atoms with Gasteiger partial charge in [-0.05, 0) is 46.2 Å². The molecule has 0 aromatic heterocycles. The van der Waals surface area contributed by atoms with E-state index in [4.69, 9.17) is 10.8 Å². The lowest BCUT2D eigenvalue weighted by Gasteiger charge is -2.27. The second-order valence-electron chi connectivity index (χ2n) is 4.66. The van der Waals surface area contributed by atoms with Gasteiger partial charge in [0, 0.05) is 6.04 Å². The Hall–Kier alpha value is -0.610. The number of nitrogens with two attached hydrogens (primary N) is 1. The van der Waals surface area contributed by atoms with Gasteiger partial charge in [0.25, 0.3) is 0 Å². The molecule has 96 valence electrons. The van der Waals surface area contributed by atoms with Gasteiger partial charge in [-0.25, -0.2) is 0 Å². The summed E-state index contributed by atoms with van der Waals surface area (Å²) in [6.45, 7) is 7.05. The normalized spacial score (nSPS) is 17.1. The number of aliphatic carboxylic acids is 1. The highest BCUT2D eigenvalue weighted by molar-refractivity contribution is 5.78. The predicted octanol–water partition coefficient (Wildman–Crippen LogP) is 1.69. The Balaban J connectivity index is 4.01. The van der Waals surface area contributed by atoms with Crippen LogP contribution in [0, 0.1) is 0 Å². The molecule has 4 nitrogen and oxygen atoms in total. The summed E-state index contributed by atoms with van der Waals surface area (Å²) in [6.07, 6.45) is 2.96. The van der Waals surface area contributed by atoms with E-state index in [0.29, 0.717) is 18.9 Å². The number of nitrogens with zero attached hydrogens (tertiary/aromatic N) is 1. The van der Waals surface area contributed by atoms with Crippen LogP contribution in [0.3, 0.4) is 0 Å². The second-order valence-corrected chi connectivity index (χ2v) is 4.66.